The van der Waals surface area contributed by atoms with Gasteiger partial charge in [-0.2, -0.15) is 9.78 Å². The Kier molecular flexibility index (Phi) is 2.60. The van der Waals surface area contributed by atoms with Crippen molar-refractivity contribution in [2.45, 2.75) is 6.61 Å². The number of benzene rings is 2. The first kappa shape index (κ1) is 11.9. The summed E-state index contributed by atoms with van der Waals surface area (Å²) in [7, 11) is 0. The molecule has 4 nitrogen and oxygen atoms in total. The summed E-state index contributed by atoms with van der Waals surface area (Å²) in [6, 6.07) is 18.8. The van der Waals surface area contributed by atoms with Gasteiger partial charge in [0, 0.05) is 17.2 Å². The minimum absolute atomic E-state index is 0.150. The molecule has 1 aliphatic heterocycles. The number of fused-ring (bicyclic) bond motifs is 3. The third kappa shape index (κ3) is 1.92. The largest absolute Gasteiger partial charge is 0.488 e. The van der Waals surface area contributed by atoms with Gasteiger partial charge in [0.05, 0.1) is 5.69 Å². The third-order valence-corrected chi connectivity index (χ3v) is 3.54. The Labute approximate surface area is 121 Å². The first-order valence-electron chi connectivity index (χ1n) is 6.74. The number of aromatic nitrogens is 2. The van der Waals surface area contributed by atoms with E-state index < -0.39 is 0 Å². The molecule has 21 heavy (non-hydrogen) atoms. The topological polar surface area (TPSA) is 44.1 Å². The van der Waals surface area contributed by atoms with E-state index in [0.29, 0.717) is 6.61 Å². The average molecular weight is 276 g/mol. The Morgan fingerprint density at radius 1 is 1.00 bits per heavy atom. The van der Waals surface area contributed by atoms with Crippen LogP contribution in [-0.4, -0.2) is 9.78 Å². The molecule has 1 aliphatic rings. The molecule has 2 heterocycles. The zero-order valence-corrected chi connectivity index (χ0v) is 11.2. The van der Waals surface area contributed by atoms with Gasteiger partial charge in [-0.3, -0.25) is 4.79 Å². The zero-order chi connectivity index (χ0) is 14.2. The van der Waals surface area contributed by atoms with Gasteiger partial charge in [-0.25, -0.2) is 0 Å². The van der Waals surface area contributed by atoms with Crippen LogP contribution in [0.5, 0.6) is 5.75 Å². The molecule has 1 aromatic heterocycles. The number of ether oxygens (including phenoxy) is 1. The molecule has 0 bridgehead atoms. The van der Waals surface area contributed by atoms with E-state index in [1.807, 2.05) is 54.6 Å². The molecule has 0 atom stereocenters. The highest BCUT2D eigenvalue weighted by molar-refractivity contribution is 5.71. The molecular formula is C17H12N2O2. The lowest BCUT2D eigenvalue weighted by atomic mass is 10.0. The number of nitrogens with zero attached hydrogens (tertiary/aromatic N) is 2. The van der Waals surface area contributed by atoms with Gasteiger partial charge in [0.25, 0.3) is 5.56 Å². The molecule has 0 amide bonds. The molecule has 0 radical (unpaired) electrons. The van der Waals surface area contributed by atoms with Gasteiger partial charge in [0.15, 0.2) is 0 Å². The second kappa shape index (κ2) is 4.59. The molecule has 0 saturated carbocycles. The lowest BCUT2D eigenvalue weighted by Gasteiger charge is -2.20. The summed E-state index contributed by atoms with van der Waals surface area (Å²) in [6.45, 7) is 0.379. The highest BCUT2D eigenvalue weighted by Gasteiger charge is 2.20. The Bertz CT molecular complexity index is 869. The molecule has 0 spiro atoms. The molecule has 0 aliphatic carbocycles. The van der Waals surface area contributed by atoms with Crippen LogP contribution >= 0.6 is 0 Å². The fourth-order valence-electron chi connectivity index (χ4n) is 2.53. The summed E-state index contributed by atoms with van der Waals surface area (Å²) >= 11 is 0. The van der Waals surface area contributed by atoms with Crippen molar-refractivity contribution in [3.8, 4) is 22.7 Å². The summed E-state index contributed by atoms with van der Waals surface area (Å²) in [4.78, 5) is 12.2. The maximum absolute atomic E-state index is 12.2. The zero-order valence-electron chi connectivity index (χ0n) is 11.2. The van der Waals surface area contributed by atoms with Crippen LogP contribution in [0.2, 0.25) is 0 Å². The molecule has 0 saturated heterocycles. The summed E-state index contributed by atoms with van der Waals surface area (Å²) in [5, 5.41) is 4.55. The highest BCUT2D eigenvalue weighted by atomic mass is 16.5. The van der Waals surface area contributed by atoms with Crippen molar-refractivity contribution in [3.05, 3.63) is 76.6 Å². The fourth-order valence-corrected chi connectivity index (χ4v) is 2.53. The first-order valence-corrected chi connectivity index (χ1v) is 6.74. The van der Waals surface area contributed by atoms with Crippen molar-refractivity contribution in [1.82, 2.24) is 9.78 Å². The van der Waals surface area contributed by atoms with Gasteiger partial charge in [-0.1, -0.05) is 30.3 Å². The lowest BCUT2D eigenvalue weighted by molar-refractivity contribution is 0.300. The van der Waals surface area contributed by atoms with Crippen LogP contribution < -0.4 is 10.3 Å². The first-order chi connectivity index (χ1) is 10.3. The van der Waals surface area contributed by atoms with Crippen molar-refractivity contribution in [2.75, 3.05) is 0 Å². The van der Waals surface area contributed by atoms with Crippen molar-refractivity contribution < 1.29 is 4.74 Å². The summed E-state index contributed by atoms with van der Waals surface area (Å²) < 4.78 is 7.09. The molecule has 0 N–H and O–H groups in total. The second-order valence-corrected chi connectivity index (χ2v) is 4.89. The predicted molar refractivity (Wildman–Crippen MR) is 79.6 cm³/mol. The van der Waals surface area contributed by atoms with Gasteiger partial charge in [-0.15, -0.1) is 0 Å². The normalized spacial score (nSPS) is 12.2. The van der Waals surface area contributed by atoms with E-state index in [1.54, 1.807) is 6.07 Å². The monoisotopic (exact) mass is 276 g/mol. The third-order valence-electron chi connectivity index (χ3n) is 3.54. The van der Waals surface area contributed by atoms with Crippen molar-refractivity contribution in [3.63, 3.8) is 0 Å². The van der Waals surface area contributed by atoms with Crippen molar-refractivity contribution in [2.24, 2.45) is 0 Å². The van der Waals surface area contributed by atoms with E-state index in [1.165, 1.54) is 4.68 Å². The molecule has 4 rings (SSSR count). The van der Waals surface area contributed by atoms with Gasteiger partial charge >= 0.3 is 0 Å². The van der Waals surface area contributed by atoms with E-state index >= 15 is 0 Å². The fraction of sp³-hybridized carbons (Fsp3) is 0.0588. The van der Waals surface area contributed by atoms with Crippen LogP contribution in [0.1, 0.15) is 5.56 Å². The Balaban J connectivity index is 1.97. The molecule has 0 unspecified atom stereocenters. The van der Waals surface area contributed by atoms with Crippen molar-refractivity contribution >= 4 is 0 Å². The minimum Gasteiger partial charge on any atom is -0.488 e. The second-order valence-electron chi connectivity index (χ2n) is 4.89. The van der Waals surface area contributed by atoms with Crippen LogP contribution in [0.3, 0.4) is 0 Å². The van der Waals surface area contributed by atoms with E-state index in [9.17, 15) is 4.79 Å². The minimum atomic E-state index is -0.150. The predicted octanol–water partition coefficient (Wildman–Crippen LogP) is 2.79. The Morgan fingerprint density at radius 3 is 2.62 bits per heavy atom. The number of para-hydroxylation sites is 2. The molecular weight excluding hydrogens is 264 g/mol. The lowest BCUT2D eigenvalue weighted by Crippen LogP contribution is -2.24. The van der Waals surface area contributed by atoms with Crippen LogP contribution in [0.15, 0.2) is 65.5 Å². The van der Waals surface area contributed by atoms with Crippen LogP contribution in [0.4, 0.5) is 0 Å². The Morgan fingerprint density at radius 2 is 1.76 bits per heavy atom. The van der Waals surface area contributed by atoms with E-state index in [-0.39, 0.29) is 5.56 Å². The maximum atomic E-state index is 12.2. The van der Waals surface area contributed by atoms with Crippen LogP contribution in [0.25, 0.3) is 16.9 Å². The van der Waals surface area contributed by atoms with Gasteiger partial charge in [0.2, 0.25) is 0 Å². The molecule has 102 valence electrons. The van der Waals surface area contributed by atoms with E-state index in [0.717, 1.165) is 28.3 Å². The van der Waals surface area contributed by atoms with Crippen LogP contribution in [-0.2, 0) is 6.61 Å². The smallest absolute Gasteiger partial charge is 0.271 e. The SMILES string of the molecule is O=c1cc2c(nn1-c1ccccc1)-c1ccccc1OC2. The van der Waals surface area contributed by atoms with Gasteiger partial charge in [0.1, 0.15) is 18.1 Å². The molecule has 4 heteroatoms. The molecule has 3 aromatic rings. The van der Waals surface area contributed by atoms with E-state index in [4.69, 9.17) is 4.74 Å². The summed E-state index contributed by atoms with van der Waals surface area (Å²) in [6.07, 6.45) is 0. The summed E-state index contributed by atoms with van der Waals surface area (Å²) in [5.74, 6) is 0.802. The average Bonchev–Trinajstić information content (AvgIpc) is 2.55. The quantitative estimate of drug-likeness (QED) is 0.686. The standard InChI is InChI=1S/C17H12N2O2/c20-16-10-12-11-21-15-9-5-4-8-14(15)17(12)18-19(16)13-6-2-1-3-7-13/h1-10H,11H2. The highest BCUT2D eigenvalue weighted by Crippen LogP contribution is 2.34. The number of hydrogen-bond donors (Lipinski definition) is 0. The molecule has 0 fully saturated rings. The van der Waals surface area contributed by atoms with Gasteiger partial charge < -0.3 is 4.74 Å². The maximum Gasteiger partial charge on any atom is 0.271 e. The van der Waals surface area contributed by atoms with Crippen molar-refractivity contribution in [1.29, 1.82) is 0 Å². The van der Waals surface area contributed by atoms with E-state index in [2.05, 4.69) is 5.10 Å². The van der Waals surface area contributed by atoms with Crippen LogP contribution in [0, 0.1) is 0 Å². The Hall–Kier alpha value is -2.88. The van der Waals surface area contributed by atoms with Gasteiger partial charge in [-0.05, 0) is 24.3 Å². The number of hydrogen-bond acceptors (Lipinski definition) is 3. The summed E-state index contributed by atoms with van der Waals surface area (Å²) in [5.41, 5.74) is 3.16. The molecule has 2 aromatic carbocycles. The number of rotatable bonds is 1.